The van der Waals surface area contributed by atoms with Crippen molar-refractivity contribution in [2.75, 3.05) is 7.11 Å². The highest BCUT2D eigenvalue weighted by atomic mass is 35.5. The summed E-state index contributed by atoms with van der Waals surface area (Å²) in [6.07, 6.45) is 1.43. The van der Waals surface area contributed by atoms with Crippen LogP contribution in [0.25, 0.3) is 11.3 Å². The van der Waals surface area contributed by atoms with E-state index in [0.717, 1.165) is 17.0 Å². The van der Waals surface area contributed by atoms with E-state index in [0.29, 0.717) is 5.15 Å². The number of hydrogen-bond donors (Lipinski definition) is 0. The van der Waals surface area contributed by atoms with E-state index in [9.17, 15) is 0 Å². The Morgan fingerprint density at radius 3 is 2.73 bits per heavy atom. The molecule has 0 unspecified atom stereocenters. The average molecular weight is 221 g/mol. The van der Waals surface area contributed by atoms with Gasteiger partial charge in [0.2, 0.25) is 0 Å². The number of rotatable bonds is 2. The van der Waals surface area contributed by atoms with E-state index in [2.05, 4.69) is 9.97 Å². The first kappa shape index (κ1) is 9.93. The highest BCUT2D eigenvalue weighted by Crippen LogP contribution is 2.28. The highest BCUT2D eigenvalue weighted by Gasteiger charge is 2.06. The summed E-state index contributed by atoms with van der Waals surface area (Å²) in [5.74, 6) is 0.771. The molecule has 0 radical (unpaired) electrons. The standard InChI is InChI=1S/C11H9ClN2O/c1-15-10-5-3-2-4-8(10)9-6-11(12)14-7-13-9/h2-7H,1H3. The van der Waals surface area contributed by atoms with E-state index in [4.69, 9.17) is 16.3 Å². The van der Waals surface area contributed by atoms with Crippen LogP contribution in [0, 0.1) is 0 Å². The summed E-state index contributed by atoms with van der Waals surface area (Å²) < 4.78 is 5.24. The molecule has 2 rings (SSSR count). The zero-order valence-electron chi connectivity index (χ0n) is 8.14. The first-order valence-electron chi connectivity index (χ1n) is 4.42. The van der Waals surface area contributed by atoms with Gasteiger partial charge in [0.05, 0.1) is 12.8 Å². The normalized spacial score (nSPS) is 10.0. The summed E-state index contributed by atoms with van der Waals surface area (Å²) in [5.41, 5.74) is 1.66. The Morgan fingerprint density at radius 2 is 2.00 bits per heavy atom. The first-order chi connectivity index (χ1) is 7.31. The van der Waals surface area contributed by atoms with E-state index in [1.165, 1.54) is 6.33 Å². The smallest absolute Gasteiger partial charge is 0.133 e. The van der Waals surface area contributed by atoms with Gasteiger partial charge in [-0.25, -0.2) is 9.97 Å². The number of methoxy groups -OCH3 is 1. The molecule has 0 aliphatic carbocycles. The summed E-state index contributed by atoms with van der Waals surface area (Å²) in [6, 6.07) is 9.35. The molecule has 0 aliphatic heterocycles. The maximum Gasteiger partial charge on any atom is 0.133 e. The molecule has 0 aliphatic rings. The second-order valence-electron chi connectivity index (χ2n) is 2.93. The lowest BCUT2D eigenvalue weighted by molar-refractivity contribution is 0.416. The Hall–Kier alpha value is -1.61. The minimum atomic E-state index is 0.422. The summed E-state index contributed by atoms with van der Waals surface area (Å²) in [4.78, 5) is 7.98. The maximum absolute atomic E-state index is 5.80. The van der Waals surface area contributed by atoms with Gasteiger partial charge in [0, 0.05) is 11.6 Å². The van der Waals surface area contributed by atoms with Crippen LogP contribution in [0.2, 0.25) is 5.15 Å². The molecular weight excluding hydrogens is 212 g/mol. The van der Waals surface area contributed by atoms with E-state index in [1.807, 2.05) is 24.3 Å². The van der Waals surface area contributed by atoms with Crippen molar-refractivity contribution in [1.82, 2.24) is 9.97 Å². The van der Waals surface area contributed by atoms with Crippen molar-refractivity contribution in [3.8, 4) is 17.0 Å². The first-order valence-corrected chi connectivity index (χ1v) is 4.80. The molecule has 1 aromatic heterocycles. The van der Waals surface area contributed by atoms with Gasteiger partial charge < -0.3 is 4.74 Å². The number of halogens is 1. The SMILES string of the molecule is COc1ccccc1-c1cc(Cl)ncn1. The largest absolute Gasteiger partial charge is 0.496 e. The van der Waals surface area contributed by atoms with Gasteiger partial charge in [-0.15, -0.1) is 0 Å². The van der Waals surface area contributed by atoms with E-state index in [1.54, 1.807) is 13.2 Å². The minimum absolute atomic E-state index is 0.422. The predicted octanol–water partition coefficient (Wildman–Crippen LogP) is 2.81. The van der Waals surface area contributed by atoms with Crippen LogP contribution in [-0.2, 0) is 0 Å². The number of aromatic nitrogens is 2. The van der Waals surface area contributed by atoms with Crippen molar-refractivity contribution < 1.29 is 4.74 Å². The maximum atomic E-state index is 5.80. The summed E-state index contributed by atoms with van der Waals surface area (Å²) >= 11 is 5.80. The van der Waals surface area contributed by atoms with Crippen LogP contribution in [-0.4, -0.2) is 17.1 Å². The molecule has 0 atom stereocenters. The van der Waals surface area contributed by atoms with Gasteiger partial charge in [0.15, 0.2) is 0 Å². The van der Waals surface area contributed by atoms with Crippen molar-refractivity contribution in [3.05, 3.63) is 41.8 Å². The van der Waals surface area contributed by atoms with Crippen molar-refractivity contribution in [1.29, 1.82) is 0 Å². The number of hydrogen-bond acceptors (Lipinski definition) is 3. The summed E-state index contributed by atoms with van der Waals surface area (Å²) in [5, 5.41) is 0.422. The van der Waals surface area contributed by atoms with Gasteiger partial charge >= 0.3 is 0 Å². The van der Waals surface area contributed by atoms with Gasteiger partial charge in [0.1, 0.15) is 17.2 Å². The van der Waals surface area contributed by atoms with Crippen LogP contribution < -0.4 is 4.74 Å². The molecule has 2 aromatic rings. The lowest BCUT2D eigenvalue weighted by Crippen LogP contribution is -1.90. The molecule has 76 valence electrons. The van der Waals surface area contributed by atoms with Crippen molar-refractivity contribution in [2.45, 2.75) is 0 Å². The van der Waals surface area contributed by atoms with Crippen LogP contribution in [0.5, 0.6) is 5.75 Å². The van der Waals surface area contributed by atoms with Crippen LogP contribution in [0.15, 0.2) is 36.7 Å². The van der Waals surface area contributed by atoms with Crippen LogP contribution in [0.1, 0.15) is 0 Å². The Balaban J connectivity index is 2.53. The Kier molecular flexibility index (Phi) is 2.83. The molecule has 1 heterocycles. The quantitative estimate of drug-likeness (QED) is 0.730. The molecule has 4 heteroatoms. The molecule has 3 nitrogen and oxygen atoms in total. The van der Waals surface area contributed by atoms with Gasteiger partial charge in [-0.2, -0.15) is 0 Å². The molecule has 0 fully saturated rings. The monoisotopic (exact) mass is 220 g/mol. The molecule has 15 heavy (non-hydrogen) atoms. The van der Waals surface area contributed by atoms with E-state index in [-0.39, 0.29) is 0 Å². The topological polar surface area (TPSA) is 35.0 Å². The van der Waals surface area contributed by atoms with Crippen molar-refractivity contribution >= 4 is 11.6 Å². The zero-order chi connectivity index (χ0) is 10.7. The molecule has 0 spiro atoms. The van der Waals surface area contributed by atoms with E-state index < -0.39 is 0 Å². The van der Waals surface area contributed by atoms with Crippen LogP contribution in [0.4, 0.5) is 0 Å². The highest BCUT2D eigenvalue weighted by molar-refractivity contribution is 6.29. The van der Waals surface area contributed by atoms with Gasteiger partial charge in [-0.05, 0) is 12.1 Å². The molecular formula is C11H9ClN2O. The van der Waals surface area contributed by atoms with Crippen LogP contribution in [0.3, 0.4) is 0 Å². The summed E-state index contributed by atoms with van der Waals surface area (Å²) in [7, 11) is 1.63. The molecule has 1 aromatic carbocycles. The Bertz CT molecular complexity index is 474. The lowest BCUT2D eigenvalue weighted by Gasteiger charge is -2.06. The Morgan fingerprint density at radius 1 is 1.20 bits per heavy atom. The molecule has 0 bridgehead atoms. The second kappa shape index (κ2) is 4.28. The third-order valence-electron chi connectivity index (χ3n) is 2.02. The molecule has 0 saturated heterocycles. The van der Waals surface area contributed by atoms with E-state index >= 15 is 0 Å². The third kappa shape index (κ3) is 2.07. The number of ether oxygens (including phenoxy) is 1. The fourth-order valence-corrected chi connectivity index (χ4v) is 1.48. The fraction of sp³-hybridized carbons (Fsp3) is 0.0909. The Labute approximate surface area is 92.7 Å². The number of benzene rings is 1. The summed E-state index contributed by atoms with van der Waals surface area (Å²) in [6.45, 7) is 0. The number of para-hydroxylation sites is 1. The predicted molar refractivity (Wildman–Crippen MR) is 59.0 cm³/mol. The van der Waals surface area contributed by atoms with Gasteiger partial charge in [-0.3, -0.25) is 0 Å². The zero-order valence-corrected chi connectivity index (χ0v) is 8.90. The fourth-order valence-electron chi connectivity index (χ4n) is 1.34. The minimum Gasteiger partial charge on any atom is -0.496 e. The van der Waals surface area contributed by atoms with Gasteiger partial charge in [-0.1, -0.05) is 23.7 Å². The van der Waals surface area contributed by atoms with Crippen molar-refractivity contribution in [3.63, 3.8) is 0 Å². The molecule has 0 N–H and O–H groups in total. The number of nitrogens with zero attached hydrogens (tertiary/aromatic N) is 2. The van der Waals surface area contributed by atoms with Crippen molar-refractivity contribution in [2.24, 2.45) is 0 Å². The third-order valence-corrected chi connectivity index (χ3v) is 2.22. The lowest BCUT2D eigenvalue weighted by atomic mass is 10.1. The average Bonchev–Trinajstić information content (AvgIpc) is 2.29. The molecule has 0 saturated carbocycles. The second-order valence-corrected chi connectivity index (χ2v) is 3.31. The van der Waals surface area contributed by atoms with Crippen LogP contribution >= 0.6 is 11.6 Å². The van der Waals surface area contributed by atoms with Gasteiger partial charge in [0.25, 0.3) is 0 Å². The molecule has 0 amide bonds.